The molecule has 0 bridgehead atoms. The van der Waals surface area contributed by atoms with Crippen molar-refractivity contribution in [1.29, 1.82) is 0 Å². The molecular weight excluding hydrogens is 148 g/mol. The monoisotopic (exact) mass is 158 g/mol. The molecule has 0 N–H and O–H groups in total. The maximum Gasteiger partial charge on any atom is 0.0150 e. The average Bonchev–Trinajstić information content (AvgIpc) is 2.14. The molecule has 2 heteroatoms. The number of thiol groups is 1. The molecule has 1 aromatic rings. The SMILES string of the molecule is CC(C)c1cc(S)cs1. The molecule has 0 fully saturated rings. The first kappa shape index (κ1) is 7.16. The second-order valence-electron chi connectivity index (χ2n) is 2.36. The van der Waals surface area contributed by atoms with E-state index < -0.39 is 0 Å². The predicted octanol–water partition coefficient (Wildman–Crippen LogP) is 3.16. The van der Waals surface area contributed by atoms with Gasteiger partial charge in [-0.05, 0) is 12.0 Å². The number of rotatable bonds is 1. The highest BCUT2D eigenvalue weighted by molar-refractivity contribution is 7.80. The first-order chi connectivity index (χ1) is 4.20. The van der Waals surface area contributed by atoms with Gasteiger partial charge < -0.3 is 0 Å². The van der Waals surface area contributed by atoms with Crippen molar-refractivity contribution >= 4 is 24.0 Å². The zero-order chi connectivity index (χ0) is 6.85. The molecule has 0 amide bonds. The summed E-state index contributed by atoms with van der Waals surface area (Å²) < 4.78 is 0. The van der Waals surface area contributed by atoms with Gasteiger partial charge in [0.2, 0.25) is 0 Å². The van der Waals surface area contributed by atoms with Gasteiger partial charge in [0.25, 0.3) is 0 Å². The molecule has 0 aromatic carbocycles. The van der Waals surface area contributed by atoms with E-state index in [1.807, 2.05) is 0 Å². The Labute approximate surface area is 65.3 Å². The van der Waals surface area contributed by atoms with Gasteiger partial charge in [0.15, 0.2) is 0 Å². The van der Waals surface area contributed by atoms with Crippen LogP contribution >= 0.6 is 24.0 Å². The predicted molar refractivity (Wildman–Crippen MR) is 45.7 cm³/mol. The Balaban J connectivity index is 2.85. The van der Waals surface area contributed by atoms with Gasteiger partial charge in [-0.15, -0.1) is 24.0 Å². The lowest BCUT2D eigenvalue weighted by molar-refractivity contribution is 0.887. The van der Waals surface area contributed by atoms with Gasteiger partial charge in [-0.1, -0.05) is 13.8 Å². The van der Waals surface area contributed by atoms with Gasteiger partial charge in [-0.3, -0.25) is 0 Å². The van der Waals surface area contributed by atoms with E-state index in [-0.39, 0.29) is 0 Å². The quantitative estimate of drug-likeness (QED) is 0.596. The average molecular weight is 158 g/mol. The summed E-state index contributed by atoms with van der Waals surface area (Å²) in [4.78, 5) is 2.50. The smallest absolute Gasteiger partial charge is 0.0150 e. The molecule has 0 aliphatic carbocycles. The fourth-order valence-corrected chi connectivity index (χ4v) is 1.82. The van der Waals surface area contributed by atoms with Crippen molar-refractivity contribution in [2.75, 3.05) is 0 Å². The molecule has 0 spiro atoms. The van der Waals surface area contributed by atoms with E-state index in [4.69, 9.17) is 0 Å². The maximum absolute atomic E-state index is 4.21. The van der Waals surface area contributed by atoms with Crippen LogP contribution in [0.1, 0.15) is 24.6 Å². The molecule has 0 aliphatic rings. The van der Waals surface area contributed by atoms with Crippen LogP contribution in [0.15, 0.2) is 16.3 Å². The molecule has 0 nitrogen and oxygen atoms in total. The van der Waals surface area contributed by atoms with Crippen molar-refractivity contribution in [2.45, 2.75) is 24.7 Å². The van der Waals surface area contributed by atoms with E-state index in [9.17, 15) is 0 Å². The van der Waals surface area contributed by atoms with Crippen molar-refractivity contribution in [3.63, 3.8) is 0 Å². The van der Waals surface area contributed by atoms with Gasteiger partial charge in [0, 0.05) is 15.2 Å². The summed E-state index contributed by atoms with van der Waals surface area (Å²) >= 11 is 5.99. The number of hydrogen-bond acceptors (Lipinski definition) is 2. The van der Waals surface area contributed by atoms with Gasteiger partial charge >= 0.3 is 0 Å². The first-order valence-corrected chi connectivity index (χ1v) is 4.30. The summed E-state index contributed by atoms with van der Waals surface area (Å²) in [5.74, 6) is 0.649. The Morgan fingerprint density at radius 2 is 2.22 bits per heavy atom. The van der Waals surface area contributed by atoms with Crippen LogP contribution in [0.5, 0.6) is 0 Å². The minimum Gasteiger partial charge on any atom is -0.147 e. The van der Waals surface area contributed by atoms with Crippen molar-refractivity contribution in [1.82, 2.24) is 0 Å². The Morgan fingerprint density at radius 1 is 1.56 bits per heavy atom. The number of hydrogen-bond donors (Lipinski definition) is 1. The number of thiophene rings is 1. The summed E-state index contributed by atoms with van der Waals surface area (Å²) in [6.07, 6.45) is 0. The second-order valence-corrected chi connectivity index (χ2v) is 3.82. The molecule has 1 heterocycles. The van der Waals surface area contributed by atoms with E-state index in [1.165, 1.54) is 4.88 Å². The minimum absolute atomic E-state index is 0.649. The third-order valence-corrected chi connectivity index (χ3v) is 2.84. The zero-order valence-electron chi connectivity index (χ0n) is 5.59. The Hall–Kier alpha value is 0.0500. The van der Waals surface area contributed by atoms with Gasteiger partial charge in [-0.25, -0.2) is 0 Å². The molecule has 1 rings (SSSR count). The van der Waals surface area contributed by atoms with E-state index in [0.717, 1.165) is 4.90 Å². The van der Waals surface area contributed by atoms with E-state index in [1.54, 1.807) is 11.3 Å². The van der Waals surface area contributed by atoms with Crippen LogP contribution in [0, 0.1) is 0 Å². The standard InChI is InChI=1S/C7H10S2/c1-5(2)7-3-6(8)4-9-7/h3-5,8H,1-2H3. The fraction of sp³-hybridized carbons (Fsp3) is 0.429. The summed E-state index contributed by atoms with van der Waals surface area (Å²) in [5.41, 5.74) is 0. The molecule has 0 radical (unpaired) electrons. The molecule has 0 atom stereocenters. The van der Waals surface area contributed by atoms with Crippen LogP contribution in [0.2, 0.25) is 0 Å². The van der Waals surface area contributed by atoms with Crippen molar-refractivity contribution < 1.29 is 0 Å². The van der Waals surface area contributed by atoms with Crippen molar-refractivity contribution in [3.05, 3.63) is 16.3 Å². The summed E-state index contributed by atoms with van der Waals surface area (Å²) in [6.45, 7) is 4.39. The van der Waals surface area contributed by atoms with Crippen LogP contribution in [0.4, 0.5) is 0 Å². The van der Waals surface area contributed by atoms with Gasteiger partial charge in [0.1, 0.15) is 0 Å². The molecule has 9 heavy (non-hydrogen) atoms. The Kier molecular flexibility index (Phi) is 2.19. The second kappa shape index (κ2) is 2.76. The third kappa shape index (κ3) is 1.73. The normalized spacial score (nSPS) is 10.7. The lowest BCUT2D eigenvalue weighted by atomic mass is 10.2. The topological polar surface area (TPSA) is 0 Å². The first-order valence-electron chi connectivity index (χ1n) is 2.97. The van der Waals surface area contributed by atoms with E-state index in [2.05, 4.69) is 37.9 Å². The molecule has 50 valence electrons. The largest absolute Gasteiger partial charge is 0.147 e. The Morgan fingerprint density at radius 3 is 2.44 bits per heavy atom. The molecule has 0 unspecified atom stereocenters. The molecular formula is C7H10S2. The van der Waals surface area contributed by atoms with Crippen LogP contribution in [0.25, 0.3) is 0 Å². The summed E-state index contributed by atoms with van der Waals surface area (Å²) in [5, 5.41) is 2.07. The summed E-state index contributed by atoms with van der Waals surface area (Å²) in [6, 6.07) is 2.12. The lowest BCUT2D eigenvalue weighted by Crippen LogP contribution is -1.77. The van der Waals surface area contributed by atoms with E-state index in [0.29, 0.717) is 5.92 Å². The fourth-order valence-electron chi connectivity index (χ4n) is 0.645. The Bertz CT molecular complexity index is 189. The minimum atomic E-state index is 0.649. The molecule has 0 aliphatic heterocycles. The molecule has 1 aromatic heterocycles. The van der Waals surface area contributed by atoms with Crippen LogP contribution < -0.4 is 0 Å². The zero-order valence-corrected chi connectivity index (χ0v) is 7.30. The van der Waals surface area contributed by atoms with Gasteiger partial charge in [0.05, 0.1) is 0 Å². The van der Waals surface area contributed by atoms with Crippen LogP contribution in [-0.2, 0) is 0 Å². The highest BCUT2D eigenvalue weighted by Crippen LogP contribution is 2.24. The van der Waals surface area contributed by atoms with Gasteiger partial charge in [-0.2, -0.15) is 0 Å². The maximum atomic E-state index is 4.21. The highest BCUT2D eigenvalue weighted by Gasteiger charge is 1.99. The van der Waals surface area contributed by atoms with Crippen LogP contribution in [-0.4, -0.2) is 0 Å². The van der Waals surface area contributed by atoms with E-state index >= 15 is 0 Å². The third-order valence-electron chi connectivity index (χ3n) is 1.17. The highest BCUT2D eigenvalue weighted by atomic mass is 32.1. The molecule has 0 saturated carbocycles. The van der Waals surface area contributed by atoms with Crippen molar-refractivity contribution in [3.8, 4) is 0 Å². The lowest BCUT2D eigenvalue weighted by Gasteiger charge is -1.95. The molecule has 0 saturated heterocycles. The van der Waals surface area contributed by atoms with Crippen LogP contribution in [0.3, 0.4) is 0 Å². The summed E-state index contributed by atoms with van der Waals surface area (Å²) in [7, 11) is 0. The van der Waals surface area contributed by atoms with Crippen molar-refractivity contribution in [2.24, 2.45) is 0 Å².